The van der Waals surface area contributed by atoms with Crippen LogP contribution in [0.25, 0.3) is 10.4 Å². The maximum Gasteiger partial charge on any atom is 0.336 e. The Labute approximate surface area is 209 Å². The molecule has 0 saturated carbocycles. The molecule has 0 aliphatic carbocycles. The topological polar surface area (TPSA) is 163 Å². The Kier molecular flexibility index (Phi) is 7.66. The van der Waals surface area contributed by atoms with Gasteiger partial charge in [-0.25, -0.2) is 4.79 Å². The van der Waals surface area contributed by atoms with Gasteiger partial charge < -0.3 is 15.2 Å². The van der Waals surface area contributed by atoms with Crippen LogP contribution in [0.2, 0.25) is 0 Å². The van der Waals surface area contributed by atoms with Gasteiger partial charge in [0.25, 0.3) is 11.8 Å². The van der Waals surface area contributed by atoms with Crippen LogP contribution in [0.1, 0.15) is 41.0 Å². The minimum Gasteiger partial charge on any atom is -0.479 e. The smallest absolute Gasteiger partial charge is 0.336 e. The predicted octanol–water partition coefficient (Wildman–Crippen LogP) is 1.63. The fraction of sp³-hybridized carbons (Fsp3) is 0.250. The summed E-state index contributed by atoms with van der Waals surface area (Å²) in [7, 11) is 0. The number of ether oxygens (including phenoxy) is 1. The van der Waals surface area contributed by atoms with Crippen molar-refractivity contribution in [1.82, 2.24) is 26.4 Å². The van der Waals surface area contributed by atoms with E-state index in [0.29, 0.717) is 11.3 Å². The quantitative estimate of drug-likeness (QED) is 0.250. The van der Waals surface area contributed by atoms with E-state index in [4.69, 9.17) is 9.84 Å². The van der Waals surface area contributed by atoms with Crippen molar-refractivity contribution in [1.29, 1.82) is 0 Å². The first-order valence-electron chi connectivity index (χ1n) is 11.1. The highest BCUT2D eigenvalue weighted by atomic mass is 32.1. The van der Waals surface area contributed by atoms with Crippen LogP contribution < -0.4 is 16.2 Å². The number of hydrogen-bond acceptors (Lipinski definition) is 8. The van der Waals surface area contributed by atoms with E-state index in [9.17, 15) is 19.2 Å². The van der Waals surface area contributed by atoms with Gasteiger partial charge in [-0.1, -0.05) is 24.3 Å². The second-order valence-corrected chi connectivity index (χ2v) is 8.99. The summed E-state index contributed by atoms with van der Waals surface area (Å²) in [5.41, 5.74) is 6.94. The lowest BCUT2D eigenvalue weighted by Crippen LogP contribution is -2.44. The third kappa shape index (κ3) is 6.09. The van der Waals surface area contributed by atoms with Gasteiger partial charge in [-0.15, -0.1) is 11.3 Å². The maximum atomic E-state index is 13.0. The van der Waals surface area contributed by atoms with Crippen molar-refractivity contribution in [2.75, 3.05) is 0 Å². The van der Waals surface area contributed by atoms with E-state index in [1.165, 1.54) is 12.3 Å². The highest BCUT2D eigenvalue weighted by molar-refractivity contribution is 7.13. The van der Waals surface area contributed by atoms with E-state index in [1.54, 1.807) is 11.3 Å². The highest BCUT2D eigenvalue weighted by Crippen LogP contribution is 2.27. The number of carboxylic acids is 1. The number of nitrogens with one attached hydrogen (secondary N) is 3. The van der Waals surface area contributed by atoms with E-state index < -0.39 is 30.0 Å². The van der Waals surface area contributed by atoms with Crippen LogP contribution >= 0.6 is 11.3 Å². The van der Waals surface area contributed by atoms with E-state index in [2.05, 4.69) is 26.4 Å². The molecule has 4 N–H and O–H groups in total. The Balaban J connectivity index is 1.32. The number of amides is 3. The number of carboxylic acid groups (broad SMARTS) is 1. The largest absolute Gasteiger partial charge is 0.479 e. The standard InChI is InChI=1S/C24H23N5O6S/c1-13(14-4-2-5-15(12-14)18-6-3-11-36-18)26-22(31)16-9-10-25-27-17(16)7-8-19(30)28-29-23(32)20-21(35-20)24(33)34/h2-6,9-13,20-21H,7-8H2,1H3,(H,26,31)(H,28,30)(H,29,32)(H,33,34)/t13-,20?,21?/m1/s1. The molecule has 0 bridgehead atoms. The summed E-state index contributed by atoms with van der Waals surface area (Å²) in [4.78, 5) is 48.7. The van der Waals surface area contributed by atoms with Crippen molar-refractivity contribution in [2.45, 2.75) is 38.0 Å². The van der Waals surface area contributed by atoms with Gasteiger partial charge in [0.1, 0.15) is 0 Å². The van der Waals surface area contributed by atoms with Crippen molar-refractivity contribution >= 4 is 35.0 Å². The second kappa shape index (κ2) is 11.1. The van der Waals surface area contributed by atoms with E-state index >= 15 is 0 Å². The van der Waals surface area contributed by atoms with Gasteiger partial charge in [0.05, 0.1) is 23.5 Å². The molecule has 3 amide bonds. The first-order valence-corrected chi connectivity index (χ1v) is 11.9. The van der Waals surface area contributed by atoms with Crippen LogP contribution in [0.4, 0.5) is 0 Å². The summed E-state index contributed by atoms with van der Waals surface area (Å²) in [6.45, 7) is 1.88. The first-order chi connectivity index (χ1) is 17.3. The van der Waals surface area contributed by atoms with Gasteiger partial charge in [-0.3, -0.25) is 25.2 Å². The van der Waals surface area contributed by atoms with Crippen molar-refractivity contribution in [3.8, 4) is 10.4 Å². The summed E-state index contributed by atoms with van der Waals surface area (Å²) in [6.07, 6.45) is -0.937. The summed E-state index contributed by atoms with van der Waals surface area (Å²) < 4.78 is 4.71. The molecule has 12 heteroatoms. The summed E-state index contributed by atoms with van der Waals surface area (Å²) in [6, 6.07) is 13.2. The molecule has 3 heterocycles. The molecule has 4 rings (SSSR count). The zero-order chi connectivity index (χ0) is 25.7. The van der Waals surface area contributed by atoms with Crippen molar-refractivity contribution < 1.29 is 29.0 Å². The lowest BCUT2D eigenvalue weighted by atomic mass is 10.0. The van der Waals surface area contributed by atoms with Crippen LogP contribution in [-0.4, -0.2) is 51.2 Å². The maximum absolute atomic E-state index is 13.0. The Bertz CT molecular complexity index is 1280. The molecule has 2 aromatic heterocycles. The monoisotopic (exact) mass is 509 g/mol. The summed E-state index contributed by atoms with van der Waals surface area (Å²) >= 11 is 1.64. The molecule has 3 atom stereocenters. The molecule has 1 fully saturated rings. The fourth-order valence-corrected chi connectivity index (χ4v) is 4.23. The number of carbonyl (C=O) groups is 4. The van der Waals surface area contributed by atoms with Crippen molar-refractivity contribution in [3.05, 3.63) is 70.9 Å². The highest BCUT2D eigenvalue weighted by Gasteiger charge is 2.50. The van der Waals surface area contributed by atoms with Gasteiger partial charge >= 0.3 is 5.97 Å². The molecular weight excluding hydrogens is 486 g/mol. The molecule has 0 spiro atoms. The lowest BCUT2D eigenvalue weighted by molar-refractivity contribution is -0.138. The van der Waals surface area contributed by atoms with Crippen LogP contribution in [0.5, 0.6) is 0 Å². The lowest BCUT2D eigenvalue weighted by Gasteiger charge is -2.16. The van der Waals surface area contributed by atoms with Gasteiger partial charge in [0.2, 0.25) is 5.91 Å². The number of aryl methyl sites for hydroxylation is 1. The average molecular weight is 510 g/mol. The molecule has 1 aliphatic rings. The molecule has 1 aromatic carbocycles. The third-order valence-electron chi connectivity index (χ3n) is 5.49. The zero-order valence-electron chi connectivity index (χ0n) is 19.1. The minimum atomic E-state index is -1.25. The molecule has 186 valence electrons. The van der Waals surface area contributed by atoms with Gasteiger partial charge in [0.15, 0.2) is 12.2 Å². The van der Waals surface area contributed by atoms with Crippen molar-refractivity contribution in [2.24, 2.45) is 0 Å². The van der Waals surface area contributed by atoms with E-state index in [1.807, 2.05) is 48.7 Å². The number of aromatic nitrogens is 2. The Morgan fingerprint density at radius 2 is 1.94 bits per heavy atom. The zero-order valence-corrected chi connectivity index (χ0v) is 20.0. The number of hydrogen-bond donors (Lipinski definition) is 4. The molecule has 1 aliphatic heterocycles. The molecule has 11 nitrogen and oxygen atoms in total. The fourth-order valence-electron chi connectivity index (χ4n) is 3.51. The Morgan fingerprint density at radius 1 is 1.11 bits per heavy atom. The van der Waals surface area contributed by atoms with E-state index in [-0.39, 0.29) is 24.8 Å². The number of carbonyl (C=O) groups excluding carboxylic acids is 3. The van der Waals surface area contributed by atoms with Gasteiger partial charge in [0, 0.05) is 17.7 Å². The van der Waals surface area contributed by atoms with Crippen LogP contribution in [-0.2, 0) is 25.5 Å². The SMILES string of the molecule is C[C@@H](NC(=O)c1ccnnc1CCC(=O)NNC(=O)C1OC1C(=O)O)c1cccc(-c2cccs2)c1. The first kappa shape index (κ1) is 24.9. The number of benzene rings is 1. The number of nitrogens with zero attached hydrogens (tertiary/aromatic N) is 2. The summed E-state index contributed by atoms with van der Waals surface area (Å²) in [5, 5.41) is 21.5. The molecular formula is C24H23N5O6S. The number of rotatable bonds is 9. The number of thiophene rings is 1. The third-order valence-corrected chi connectivity index (χ3v) is 6.41. The normalized spacial score (nSPS) is 17.0. The molecule has 0 radical (unpaired) electrons. The Morgan fingerprint density at radius 3 is 2.67 bits per heavy atom. The number of epoxide rings is 1. The van der Waals surface area contributed by atoms with Gasteiger partial charge in [-0.2, -0.15) is 10.2 Å². The number of hydrazine groups is 1. The minimum absolute atomic E-state index is 0.0917. The van der Waals surface area contributed by atoms with Crippen LogP contribution in [0.15, 0.2) is 54.0 Å². The Hall–Kier alpha value is -4.16. The van der Waals surface area contributed by atoms with E-state index in [0.717, 1.165) is 16.0 Å². The second-order valence-electron chi connectivity index (χ2n) is 8.04. The molecule has 2 unspecified atom stereocenters. The molecule has 1 saturated heterocycles. The predicted molar refractivity (Wildman–Crippen MR) is 129 cm³/mol. The van der Waals surface area contributed by atoms with Gasteiger partial charge in [-0.05, 0) is 41.6 Å². The molecule has 36 heavy (non-hydrogen) atoms. The van der Waals surface area contributed by atoms with Crippen molar-refractivity contribution in [3.63, 3.8) is 0 Å². The molecule has 3 aromatic rings. The van der Waals surface area contributed by atoms with Crippen LogP contribution in [0.3, 0.4) is 0 Å². The number of aliphatic carboxylic acids is 1. The summed E-state index contributed by atoms with van der Waals surface area (Å²) in [5.74, 6) is -2.91. The van der Waals surface area contributed by atoms with Crippen LogP contribution in [0, 0.1) is 0 Å². The average Bonchev–Trinajstić information content (AvgIpc) is 3.51.